The van der Waals surface area contributed by atoms with Crippen molar-refractivity contribution in [1.82, 2.24) is 0 Å². The predicted octanol–water partition coefficient (Wildman–Crippen LogP) is 7.39. The Labute approximate surface area is 166 Å². The van der Waals surface area contributed by atoms with E-state index in [1.807, 2.05) is 0 Å². The maximum absolute atomic E-state index is 3.91. The summed E-state index contributed by atoms with van der Waals surface area (Å²) in [5.41, 5.74) is 10.6. The molecule has 1 heteroatoms. The number of hydrogen-bond donors (Lipinski definition) is 0. The van der Waals surface area contributed by atoms with Crippen LogP contribution in [0.5, 0.6) is 0 Å². The van der Waals surface area contributed by atoms with E-state index in [0.29, 0.717) is 0 Å². The highest BCUT2D eigenvalue weighted by Crippen LogP contribution is 2.58. The Balaban J connectivity index is 1.80. The summed E-state index contributed by atoms with van der Waals surface area (Å²) in [6, 6.07) is 32.8. The van der Waals surface area contributed by atoms with Crippen molar-refractivity contribution in [3.63, 3.8) is 0 Å². The second-order valence-electron chi connectivity index (χ2n) is 7.06. The first-order valence-corrected chi connectivity index (χ1v) is 9.96. The van der Waals surface area contributed by atoms with Gasteiger partial charge in [0.2, 0.25) is 0 Å². The summed E-state index contributed by atoms with van der Waals surface area (Å²) in [5, 5.41) is 2.59. The molecule has 0 amide bonds. The molecule has 0 spiro atoms. The van der Waals surface area contributed by atoms with Crippen molar-refractivity contribution in [2.75, 3.05) is 0 Å². The minimum absolute atomic E-state index is 1.20. The van der Waals surface area contributed by atoms with E-state index in [-0.39, 0.29) is 0 Å². The molecule has 0 heterocycles. The zero-order chi connectivity index (χ0) is 18.0. The molecule has 0 N–H and O–H groups in total. The van der Waals surface area contributed by atoms with Crippen molar-refractivity contribution in [2.24, 2.45) is 0 Å². The molecule has 0 fully saturated rings. The third-order valence-electron chi connectivity index (χ3n) is 5.68. The van der Waals surface area contributed by atoms with Crippen molar-refractivity contribution >= 4 is 47.9 Å². The summed E-state index contributed by atoms with van der Waals surface area (Å²) in [6.07, 6.45) is 0. The molecule has 4 aromatic rings. The van der Waals surface area contributed by atoms with Gasteiger partial charge in [-0.25, -0.2) is 0 Å². The lowest BCUT2D eigenvalue weighted by Crippen LogP contribution is -1.91. The Morgan fingerprint density at radius 1 is 0.407 bits per heavy atom. The Morgan fingerprint density at radius 2 is 0.926 bits per heavy atom. The van der Waals surface area contributed by atoms with Crippen LogP contribution in [0.3, 0.4) is 0 Å². The van der Waals surface area contributed by atoms with Gasteiger partial charge >= 0.3 is 0 Å². The maximum Gasteiger partial charge on any atom is 0.0339 e. The van der Waals surface area contributed by atoms with Crippen molar-refractivity contribution in [2.45, 2.75) is 0 Å². The quantitative estimate of drug-likeness (QED) is 0.309. The lowest BCUT2D eigenvalue weighted by atomic mass is 9.91. The second-order valence-corrected chi connectivity index (χ2v) is 7.85. The van der Waals surface area contributed by atoms with Crippen molar-refractivity contribution in [3.05, 3.63) is 119 Å². The van der Waals surface area contributed by atoms with E-state index < -0.39 is 0 Å². The van der Waals surface area contributed by atoms with Crippen molar-refractivity contribution in [1.29, 1.82) is 0 Å². The molecule has 0 saturated carbocycles. The van der Waals surface area contributed by atoms with Crippen LogP contribution in [0.15, 0.2) is 91.0 Å². The summed E-state index contributed by atoms with van der Waals surface area (Å²) < 4.78 is 1.20. The minimum Gasteiger partial charge on any atom is -0.0616 e. The molecule has 2 aliphatic rings. The van der Waals surface area contributed by atoms with Gasteiger partial charge in [0.15, 0.2) is 0 Å². The molecular weight excluding hydrogens is 392 g/mol. The van der Waals surface area contributed by atoms with E-state index in [4.69, 9.17) is 0 Å². The van der Waals surface area contributed by atoms with E-state index in [1.165, 1.54) is 59.8 Å². The molecule has 0 atom stereocenters. The van der Waals surface area contributed by atoms with Crippen LogP contribution >= 0.6 is 15.9 Å². The van der Waals surface area contributed by atoms with Gasteiger partial charge in [-0.2, -0.15) is 0 Å². The third-order valence-corrected chi connectivity index (χ3v) is 6.50. The highest BCUT2D eigenvalue weighted by Gasteiger charge is 2.36. The maximum atomic E-state index is 3.91. The fourth-order valence-corrected chi connectivity index (χ4v) is 5.32. The molecule has 2 aliphatic carbocycles. The minimum atomic E-state index is 1.20. The fourth-order valence-electron chi connectivity index (χ4n) is 4.56. The fraction of sp³-hybridized carbons (Fsp3) is 0. The lowest BCUT2D eigenvalue weighted by Gasteiger charge is -2.12. The highest BCUT2D eigenvalue weighted by molar-refractivity contribution is 9.15. The standard InChI is InChI=1S/C26H15Br/c27-26-22-14-6-5-13-21(22)24-23(19-11-3-4-12-20(19)25(24)26)18-15-7-9-16-8-1-2-10-17(16)18/h1-15H. The molecule has 0 bridgehead atoms. The zero-order valence-corrected chi connectivity index (χ0v) is 16.1. The van der Waals surface area contributed by atoms with Crippen molar-refractivity contribution < 1.29 is 0 Å². The van der Waals surface area contributed by atoms with Gasteiger partial charge in [0.1, 0.15) is 0 Å². The number of benzene rings is 4. The van der Waals surface area contributed by atoms with Gasteiger partial charge in [0, 0.05) is 10.1 Å². The Bertz CT molecular complexity index is 1320. The van der Waals surface area contributed by atoms with Crippen molar-refractivity contribution in [3.8, 4) is 0 Å². The molecule has 27 heavy (non-hydrogen) atoms. The number of allylic oxidation sites excluding steroid dienone is 2. The van der Waals surface area contributed by atoms with Gasteiger partial charge in [0.05, 0.1) is 0 Å². The molecule has 0 unspecified atom stereocenters. The Kier molecular flexibility index (Phi) is 3.12. The Morgan fingerprint density at radius 3 is 1.70 bits per heavy atom. The first-order chi connectivity index (χ1) is 13.3. The van der Waals surface area contributed by atoms with Crippen LogP contribution in [0.1, 0.15) is 27.8 Å². The smallest absolute Gasteiger partial charge is 0.0339 e. The Hall–Kier alpha value is -2.90. The molecular formula is C26H15Br. The van der Waals surface area contributed by atoms with Gasteiger partial charge in [0.25, 0.3) is 0 Å². The van der Waals surface area contributed by atoms with Crippen LogP contribution < -0.4 is 0 Å². The monoisotopic (exact) mass is 406 g/mol. The van der Waals surface area contributed by atoms with Crippen LogP contribution in [0.2, 0.25) is 0 Å². The van der Waals surface area contributed by atoms with E-state index in [0.717, 1.165) is 0 Å². The number of halogens is 1. The van der Waals surface area contributed by atoms with Gasteiger partial charge in [-0.3, -0.25) is 0 Å². The molecule has 0 saturated heterocycles. The second kappa shape index (κ2) is 5.55. The molecule has 6 rings (SSSR count). The van der Waals surface area contributed by atoms with E-state index in [9.17, 15) is 0 Å². The summed E-state index contributed by atoms with van der Waals surface area (Å²) in [5.74, 6) is 0. The highest BCUT2D eigenvalue weighted by atomic mass is 79.9. The number of hydrogen-bond acceptors (Lipinski definition) is 0. The number of fused-ring (bicyclic) bond motifs is 6. The largest absolute Gasteiger partial charge is 0.0616 e. The van der Waals surface area contributed by atoms with Crippen LogP contribution in [0.4, 0.5) is 0 Å². The topological polar surface area (TPSA) is 0 Å². The van der Waals surface area contributed by atoms with Crippen LogP contribution in [-0.4, -0.2) is 0 Å². The van der Waals surface area contributed by atoms with Crippen LogP contribution in [0.25, 0.3) is 32.0 Å². The average molecular weight is 407 g/mol. The summed E-state index contributed by atoms with van der Waals surface area (Å²) in [7, 11) is 0. The van der Waals surface area contributed by atoms with Gasteiger partial charge in [-0.15, -0.1) is 0 Å². The molecule has 126 valence electrons. The van der Waals surface area contributed by atoms with Gasteiger partial charge in [-0.05, 0) is 65.7 Å². The summed E-state index contributed by atoms with van der Waals surface area (Å²) in [4.78, 5) is 0. The predicted molar refractivity (Wildman–Crippen MR) is 118 cm³/mol. The molecule has 0 aliphatic heterocycles. The molecule has 0 aromatic heterocycles. The lowest BCUT2D eigenvalue weighted by molar-refractivity contribution is 1.56. The summed E-state index contributed by atoms with van der Waals surface area (Å²) in [6.45, 7) is 0. The molecule has 0 nitrogen and oxygen atoms in total. The SMILES string of the molecule is BrC1=C2C(=C(c3cccc4ccccc34)c3ccccc32)c2ccccc21. The van der Waals surface area contributed by atoms with E-state index >= 15 is 0 Å². The van der Waals surface area contributed by atoms with Gasteiger partial charge < -0.3 is 0 Å². The molecule has 4 aromatic carbocycles. The first-order valence-electron chi connectivity index (χ1n) is 9.17. The zero-order valence-electron chi connectivity index (χ0n) is 14.5. The average Bonchev–Trinajstić information content (AvgIpc) is 3.21. The van der Waals surface area contributed by atoms with E-state index in [2.05, 4.69) is 107 Å². The van der Waals surface area contributed by atoms with E-state index in [1.54, 1.807) is 0 Å². The van der Waals surface area contributed by atoms with Crippen LogP contribution in [-0.2, 0) is 0 Å². The first kappa shape index (κ1) is 15.2. The number of rotatable bonds is 1. The molecule has 0 radical (unpaired) electrons. The third kappa shape index (κ3) is 1.98. The van der Waals surface area contributed by atoms with Gasteiger partial charge in [-0.1, -0.05) is 91.0 Å². The summed E-state index contributed by atoms with van der Waals surface area (Å²) >= 11 is 3.91. The van der Waals surface area contributed by atoms with Crippen LogP contribution in [0, 0.1) is 0 Å². The normalized spacial score (nSPS) is 14.6.